The van der Waals surface area contributed by atoms with Gasteiger partial charge in [0.05, 0.1) is 10.5 Å². The number of nitro groups is 1. The molecule has 1 aliphatic rings. The molecule has 0 bridgehead atoms. The van der Waals surface area contributed by atoms with Crippen molar-refractivity contribution in [3.05, 3.63) is 33.1 Å². The fraction of sp³-hybridized carbons (Fsp3) is 0.538. The molecular weight excluding hydrogens is 296 g/mol. The predicted octanol–water partition coefficient (Wildman–Crippen LogP) is 1.86. The lowest BCUT2D eigenvalue weighted by atomic mass is 10.2. The number of rotatable bonds is 6. The average Bonchev–Trinajstić information content (AvgIpc) is 3.28. The Labute approximate surface area is 127 Å². The highest BCUT2D eigenvalue weighted by atomic mass is 35.5. The molecule has 0 spiro atoms. The summed E-state index contributed by atoms with van der Waals surface area (Å²) in [4.78, 5) is 28.1. The number of carbonyl (C=O) groups is 1. The van der Waals surface area contributed by atoms with Gasteiger partial charge in [0.2, 0.25) is 0 Å². The monoisotopic (exact) mass is 312 g/mol. The number of halogens is 1. The van der Waals surface area contributed by atoms with Crippen LogP contribution in [0.2, 0.25) is 5.15 Å². The maximum atomic E-state index is 12.1. The van der Waals surface area contributed by atoms with E-state index in [-0.39, 0.29) is 22.4 Å². The van der Waals surface area contributed by atoms with Crippen molar-refractivity contribution in [1.82, 2.24) is 15.2 Å². The smallest absolute Gasteiger partial charge is 0.288 e. The number of pyridine rings is 1. The van der Waals surface area contributed by atoms with Crippen LogP contribution < -0.4 is 5.32 Å². The first kappa shape index (κ1) is 15.7. The molecule has 1 atom stereocenters. The minimum Gasteiger partial charge on any atom is -0.350 e. The van der Waals surface area contributed by atoms with E-state index in [1.165, 1.54) is 12.8 Å². The fourth-order valence-corrected chi connectivity index (χ4v) is 2.21. The molecule has 1 heterocycles. The van der Waals surface area contributed by atoms with Gasteiger partial charge in [-0.2, -0.15) is 0 Å². The van der Waals surface area contributed by atoms with Crippen LogP contribution in [0, 0.1) is 10.1 Å². The molecule has 114 valence electrons. The van der Waals surface area contributed by atoms with Crippen molar-refractivity contribution in [1.29, 1.82) is 0 Å². The highest BCUT2D eigenvalue weighted by Crippen LogP contribution is 2.26. The zero-order chi connectivity index (χ0) is 15.6. The molecule has 7 nitrogen and oxygen atoms in total. The Bertz CT molecular complexity index is 562. The van der Waals surface area contributed by atoms with Crippen LogP contribution in [-0.2, 0) is 0 Å². The molecule has 0 aliphatic heterocycles. The number of aromatic nitrogens is 1. The van der Waals surface area contributed by atoms with Crippen LogP contribution in [0.15, 0.2) is 12.3 Å². The summed E-state index contributed by atoms with van der Waals surface area (Å²) in [5, 5.41) is 13.4. The standard InChI is InChI=1S/C13H17ClN4O3/c1-8(17(2)9-3-4-9)6-16-13(19)11-5-10(18(20)21)7-15-12(11)14/h5,7-9H,3-4,6H2,1-2H3,(H,16,19). The van der Waals surface area contributed by atoms with Gasteiger partial charge in [0, 0.05) is 24.7 Å². The van der Waals surface area contributed by atoms with Gasteiger partial charge in [-0.3, -0.25) is 19.8 Å². The van der Waals surface area contributed by atoms with Crippen molar-refractivity contribution in [3.63, 3.8) is 0 Å². The molecule has 1 fully saturated rings. The van der Waals surface area contributed by atoms with Crippen molar-refractivity contribution >= 4 is 23.2 Å². The first-order chi connectivity index (χ1) is 9.90. The summed E-state index contributed by atoms with van der Waals surface area (Å²) in [6.45, 7) is 2.47. The SMILES string of the molecule is CC(CNC(=O)c1cc([N+](=O)[O-])cnc1Cl)N(C)C1CC1. The Hall–Kier alpha value is -1.73. The van der Waals surface area contributed by atoms with Crippen LogP contribution in [0.3, 0.4) is 0 Å². The van der Waals surface area contributed by atoms with Crippen molar-refractivity contribution in [2.75, 3.05) is 13.6 Å². The third-order valence-electron chi connectivity index (χ3n) is 3.66. The Balaban J connectivity index is 1.99. The minimum atomic E-state index is -0.608. The minimum absolute atomic E-state index is 0.0205. The Morgan fingerprint density at radius 1 is 1.67 bits per heavy atom. The Kier molecular flexibility index (Phi) is 4.74. The molecule has 1 aliphatic carbocycles. The van der Waals surface area contributed by atoms with Gasteiger partial charge in [0.1, 0.15) is 11.3 Å². The van der Waals surface area contributed by atoms with E-state index in [0.717, 1.165) is 12.3 Å². The molecule has 0 aromatic carbocycles. The van der Waals surface area contributed by atoms with E-state index in [1.807, 2.05) is 14.0 Å². The molecule has 0 saturated heterocycles. The summed E-state index contributed by atoms with van der Waals surface area (Å²) in [6.07, 6.45) is 3.41. The summed E-state index contributed by atoms with van der Waals surface area (Å²) in [5.41, 5.74) is -0.236. The van der Waals surface area contributed by atoms with Crippen LogP contribution in [0.4, 0.5) is 5.69 Å². The molecule has 0 radical (unpaired) electrons. The molecule has 1 saturated carbocycles. The van der Waals surface area contributed by atoms with E-state index >= 15 is 0 Å². The largest absolute Gasteiger partial charge is 0.350 e. The Morgan fingerprint density at radius 3 is 2.90 bits per heavy atom. The lowest BCUT2D eigenvalue weighted by Crippen LogP contribution is -2.41. The number of nitrogens with zero attached hydrogens (tertiary/aromatic N) is 3. The predicted molar refractivity (Wildman–Crippen MR) is 78.5 cm³/mol. The third kappa shape index (κ3) is 3.89. The van der Waals surface area contributed by atoms with E-state index in [9.17, 15) is 14.9 Å². The van der Waals surface area contributed by atoms with Crippen LogP contribution >= 0.6 is 11.6 Å². The lowest BCUT2D eigenvalue weighted by molar-refractivity contribution is -0.385. The summed E-state index contributed by atoms with van der Waals surface area (Å²) in [7, 11) is 2.02. The van der Waals surface area contributed by atoms with E-state index in [4.69, 9.17) is 11.6 Å². The highest BCUT2D eigenvalue weighted by molar-refractivity contribution is 6.32. The maximum absolute atomic E-state index is 12.1. The van der Waals surface area contributed by atoms with E-state index < -0.39 is 10.8 Å². The summed E-state index contributed by atoms with van der Waals surface area (Å²) in [5.74, 6) is -0.452. The van der Waals surface area contributed by atoms with Gasteiger partial charge in [-0.1, -0.05) is 11.6 Å². The van der Waals surface area contributed by atoms with Gasteiger partial charge in [-0.05, 0) is 26.8 Å². The molecule has 1 aromatic rings. The van der Waals surface area contributed by atoms with Gasteiger partial charge >= 0.3 is 0 Å². The lowest BCUT2D eigenvalue weighted by Gasteiger charge is -2.24. The van der Waals surface area contributed by atoms with Gasteiger partial charge in [0.15, 0.2) is 0 Å². The molecule has 1 aromatic heterocycles. The summed E-state index contributed by atoms with van der Waals surface area (Å²) >= 11 is 5.83. The summed E-state index contributed by atoms with van der Waals surface area (Å²) < 4.78 is 0. The van der Waals surface area contributed by atoms with Gasteiger partial charge in [0.25, 0.3) is 11.6 Å². The van der Waals surface area contributed by atoms with Gasteiger partial charge in [-0.15, -0.1) is 0 Å². The van der Waals surface area contributed by atoms with Crippen molar-refractivity contribution in [3.8, 4) is 0 Å². The molecule has 1 unspecified atom stereocenters. The van der Waals surface area contributed by atoms with Crippen LogP contribution in [0.5, 0.6) is 0 Å². The second kappa shape index (κ2) is 6.36. The van der Waals surface area contributed by atoms with E-state index in [2.05, 4.69) is 15.2 Å². The molecule has 21 heavy (non-hydrogen) atoms. The molecule has 1 N–H and O–H groups in total. The number of hydrogen-bond donors (Lipinski definition) is 1. The number of nitrogens with one attached hydrogen (secondary N) is 1. The first-order valence-corrected chi connectivity index (χ1v) is 7.08. The van der Waals surface area contributed by atoms with Crippen molar-refractivity contribution in [2.24, 2.45) is 0 Å². The third-order valence-corrected chi connectivity index (χ3v) is 3.96. The van der Waals surface area contributed by atoms with E-state index in [0.29, 0.717) is 12.6 Å². The normalized spacial score (nSPS) is 15.8. The Morgan fingerprint density at radius 2 is 2.33 bits per heavy atom. The van der Waals surface area contributed by atoms with Crippen molar-refractivity contribution < 1.29 is 9.72 Å². The summed E-state index contributed by atoms with van der Waals surface area (Å²) in [6, 6.07) is 1.92. The fourth-order valence-electron chi connectivity index (χ4n) is 2.02. The van der Waals surface area contributed by atoms with Gasteiger partial charge < -0.3 is 5.32 Å². The molecular formula is C13H17ClN4O3. The first-order valence-electron chi connectivity index (χ1n) is 6.70. The van der Waals surface area contributed by atoms with Crippen LogP contribution in [0.25, 0.3) is 0 Å². The topological polar surface area (TPSA) is 88.4 Å². The number of carbonyl (C=O) groups excluding carboxylic acids is 1. The zero-order valence-corrected chi connectivity index (χ0v) is 12.6. The number of hydrogen-bond acceptors (Lipinski definition) is 5. The molecule has 1 amide bonds. The zero-order valence-electron chi connectivity index (χ0n) is 11.9. The van der Waals surface area contributed by atoms with Crippen LogP contribution in [0.1, 0.15) is 30.1 Å². The molecule has 2 rings (SSSR count). The second-order valence-electron chi connectivity index (χ2n) is 5.24. The van der Waals surface area contributed by atoms with Crippen molar-refractivity contribution in [2.45, 2.75) is 31.8 Å². The van der Waals surface area contributed by atoms with Crippen LogP contribution in [-0.4, -0.2) is 46.4 Å². The average molecular weight is 313 g/mol. The maximum Gasteiger partial charge on any atom is 0.288 e. The van der Waals surface area contributed by atoms with E-state index in [1.54, 1.807) is 0 Å². The number of amides is 1. The second-order valence-corrected chi connectivity index (χ2v) is 5.60. The highest BCUT2D eigenvalue weighted by Gasteiger charge is 2.29. The quantitative estimate of drug-likeness (QED) is 0.492. The van der Waals surface area contributed by atoms with Gasteiger partial charge in [-0.25, -0.2) is 4.98 Å². The molecule has 8 heteroatoms. The number of likely N-dealkylation sites (N-methyl/N-ethyl adjacent to an activating group) is 1.